The van der Waals surface area contributed by atoms with Gasteiger partial charge < -0.3 is 20.1 Å². The van der Waals surface area contributed by atoms with E-state index < -0.39 is 0 Å². The molecular formula is C24H28N5O3+. The van der Waals surface area contributed by atoms with Gasteiger partial charge in [0.2, 0.25) is 5.91 Å². The molecule has 4 atom stereocenters. The van der Waals surface area contributed by atoms with Crippen LogP contribution in [0.2, 0.25) is 0 Å². The molecule has 8 nitrogen and oxygen atoms in total. The van der Waals surface area contributed by atoms with Crippen LogP contribution in [0.1, 0.15) is 18.5 Å². The highest BCUT2D eigenvalue weighted by molar-refractivity contribution is 5.93. The number of rotatable bonds is 7. The molecule has 0 saturated carbocycles. The van der Waals surface area contributed by atoms with E-state index in [4.69, 9.17) is 4.74 Å². The van der Waals surface area contributed by atoms with Crippen molar-refractivity contribution in [2.24, 2.45) is 11.8 Å². The molecule has 3 aliphatic rings. The monoisotopic (exact) mass is 434 g/mol. The fourth-order valence-corrected chi connectivity index (χ4v) is 5.03. The molecule has 0 aliphatic carbocycles. The summed E-state index contributed by atoms with van der Waals surface area (Å²) < 4.78 is 7.67. The number of aromatic nitrogens is 3. The minimum atomic E-state index is 0.00271. The molecule has 1 unspecified atom stereocenters. The molecule has 166 valence electrons. The summed E-state index contributed by atoms with van der Waals surface area (Å²) in [6.07, 6.45) is 4.03. The summed E-state index contributed by atoms with van der Waals surface area (Å²) >= 11 is 0. The lowest BCUT2D eigenvalue weighted by Gasteiger charge is -2.46. The SMILES string of the molecule is O=C(Nc1cccc(O)c1)[C@H]1C[NH+]2CC[C@H]1C[C@@H]2Cn1cc(COc2ccccc2)nn1. The molecule has 3 aliphatic heterocycles. The number of para-hydroxylation sites is 1. The van der Waals surface area contributed by atoms with E-state index >= 15 is 0 Å². The van der Waals surface area contributed by atoms with Crippen molar-refractivity contribution < 1.29 is 19.5 Å². The Labute approximate surface area is 186 Å². The first-order valence-electron chi connectivity index (χ1n) is 11.2. The van der Waals surface area contributed by atoms with Crippen molar-refractivity contribution in [3.63, 3.8) is 0 Å². The molecule has 2 bridgehead atoms. The van der Waals surface area contributed by atoms with Gasteiger partial charge in [0.25, 0.3) is 0 Å². The zero-order valence-corrected chi connectivity index (χ0v) is 17.9. The largest absolute Gasteiger partial charge is 0.508 e. The van der Waals surface area contributed by atoms with Crippen LogP contribution in [0.15, 0.2) is 60.8 Å². The predicted octanol–water partition coefficient (Wildman–Crippen LogP) is 1.49. The minimum Gasteiger partial charge on any atom is -0.508 e. The zero-order valence-electron chi connectivity index (χ0n) is 17.9. The van der Waals surface area contributed by atoms with Gasteiger partial charge in [-0.3, -0.25) is 4.79 Å². The first-order chi connectivity index (χ1) is 15.6. The summed E-state index contributed by atoms with van der Waals surface area (Å²) in [6.45, 7) is 3.11. The number of nitrogens with one attached hydrogen (secondary N) is 2. The van der Waals surface area contributed by atoms with E-state index in [1.165, 1.54) is 4.90 Å². The Balaban J connectivity index is 1.16. The predicted molar refractivity (Wildman–Crippen MR) is 118 cm³/mol. The molecule has 6 rings (SSSR count). The number of carbonyl (C=O) groups excluding carboxylic acids is 1. The van der Waals surface area contributed by atoms with E-state index in [0.717, 1.165) is 43.9 Å². The lowest BCUT2D eigenvalue weighted by molar-refractivity contribution is -0.945. The average Bonchev–Trinajstić information content (AvgIpc) is 3.26. The Bertz CT molecular complexity index is 1070. The Hall–Kier alpha value is -3.39. The zero-order chi connectivity index (χ0) is 21.9. The highest BCUT2D eigenvalue weighted by Crippen LogP contribution is 2.29. The highest BCUT2D eigenvalue weighted by Gasteiger charge is 2.46. The van der Waals surface area contributed by atoms with Crippen LogP contribution >= 0.6 is 0 Å². The van der Waals surface area contributed by atoms with Gasteiger partial charge in [-0.2, -0.15) is 0 Å². The van der Waals surface area contributed by atoms with Crippen LogP contribution in [-0.4, -0.2) is 45.1 Å². The molecule has 1 amide bonds. The summed E-state index contributed by atoms with van der Waals surface area (Å²) in [7, 11) is 0. The summed E-state index contributed by atoms with van der Waals surface area (Å²) in [6, 6.07) is 16.8. The number of hydrogen-bond donors (Lipinski definition) is 3. The van der Waals surface area contributed by atoms with Crippen molar-refractivity contribution in [3.05, 3.63) is 66.5 Å². The number of hydrogen-bond acceptors (Lipinski definition) is 5. The lowest BCUT2D eigenvalue weighted by Crippen LogP contribution is -3.20. The number of aromatic hydroxyl groups is 1. The molecule has 0 radical (unpaired) electrons. The van der Waals surface area contributed by atoms with E-state index in [1.54, 1.807) is 24.3 Å². The summed E-state index contributed by atoms with van der Waals surface area (Å²) in [5.74, 6) is 1.40. The van der Waals surface area contributed by atoms with Gasteiger partial charge in [0.15, 0.2) is 0 Å². The maximum absolute atomic E-state index is 12.9. The topological polar surface area (TPSA) is 93.7 Å². The Morgan fingerprint density at radius 1 is 1.22 bits per heavy atom. The van der Waals surface area contributed by atoms with Crippen LogP contribution in [0.3, 0.4) is 0 Å². The summed E-state index contributed by atoms with van der Waals surface area (Å²) in [4.78, 5) is 14.3. The number of phenols is 1. The van der Waals surface area contributed by atoms with Crippen LogP contribution in [-0.2, 0) is 17.9 Å². The third-order valence-corrected chi connectivity index (χ3v) is 6.63. The summed E-state index contributed by atoms with van der Waals surface area (Å²) in [5.41, 5.74) is 1.45. The van der Waals surface area contributed by atoms with Gasteiger partial charge in [-0.05, 0) is 30.2 Å². The van der Waals surface area contributed by atoms with Gasteiger partial charge in [0.05, 0.1) is 31.7 Å². The van der Waals surface area contributed by atoms with Gasteiger partial charge in [-0.25, -0.2) is 4.68 Å². The molecule has 8 heteroatoms. The second-order valence-corrected chi connectivity index (χ2v) is 8.77. The fourth-order valence-electron chi connectivity index (χ4n) is 5.03. The maximum atomic E-state index is 12.9. The molecule has 3 aromatic rings. The minimum absolute atomic E-state index is 0.00271. The quantitative estimate of drug-likeness (QED) is 0.524. The number of benzene rings is 2. The van der Waals surface area contributed by atoms with E-state index in [-0.39, 0.29) is 17.6 Å². The van der Waals surface area contributed by atoms with Crippen molar-refractivity contribution in [2.75, 3.05) is 18.4 Å². The van der Waals surface area contributed by atoms with Crippen molar-refractivity contribution in [3.8, 4) is 11.5 Å². The summed E-state index contributed by atoms with van der Waals surface area (Å²) in [5, 5.41) is 21.2. The maximum Gasteiger partial charge on any atom is 0.233 e. The van der Waals surface area contributed by atoms with Crippen molar-refractivity contribution in [1.29, 1.82) is 0 Å². The van der Waals surface area contributed by atoms with Gasteiger partial charge in [0, 0.05) is 24.6 Å². The number of amides is 1. The molecule has 3 N–H and O–H groups in total. The Kier molecular flexibility index (Phi) is 5.77. The second-order valence-electron chi connectivity index (χ2n) is 8.77. The van der Waals surface area contributed by atoms with Crippen LogP contribution in [0, 0.1) is 11.8 Å². The number of fused-ring (bicyclic) bond motifs is 3. The van der Waals surface area contributed by atoms with Crippen LogP contribution in [0.5, 0.6) is 11.5 Å². The number of anilines is 1. The van der Waals surface area contributed by atoms with E-state index in [1.807, 2.05) is 41.2 Å². The first kappa shape index (κ1) is 20.5. The van der Waals surface area contributed by atoms with Crippen molar-refractivity contribution in [2.45, 2.75) is 32.0 Å². The number of ether oxygens (including phenoxy) is 1. The van der Waals surface area contributed by atoms with Crippen LogP contribution in [0.4, 0.5) is 5.69 Å². The van der Waals surface area contributed by atoms with Gasteiger partial charge >= 0.3 is 0 Å². The Morgan fingerprint density at radius 3 is 2.88 bits per heavy atom. The molecule has 4 heterocycles. The van der Waals surface area contributed by atoms with Gasteiger partial charge in [-0.15, -0.1) is 5.10 Å². The molecule has 1 aromatic heterocycles. The number of carbonyl (C=O) groups is 1. The third kappa shape index (κ3) is 4.60. The normalized spacial score (nSPS) is 24.2. The highest BCUT2D eigenvalue weighted by atomic mass is 16.5. The smallest absolute Gasteiger partial charge is 0.233 e. The number of piperidine rings is 3. The molecule has 3 saturated heterocycles. The number of quaternary nitrogens is 1. The average molecular weight is 435 g/mol. The second kappa shape index (κ2) is 9.00. The molecule has 3 fully saturated rings. The standard InChI is InChI=1S/C24H27N5O3/c30-21-6-4-5-18(12-21)25-24(31)23-15-28-10-9-17(23)11-20(28)14-29-13-19(26-27-29)16-32-22-7-2-1-3-8-22/h1-8,12-13,17,20,23,30H,9-11,14-16H2,(H,25,31)/p+1/t17-,20+,23-/m0/s1. The number of phenolic OH excluding ortho intramolecular Hbond substituents is 1. The fraction of sp³-hybridized carbons (Fsp3) is 0.375. The molecular weight excluding hydrogens is 406 g/mol. The molecule has 2 aromatic carbocycles. The first-order valence-corrected chi connectivity index (χ1v) is 11.2. The van der Waals surface area contributed by atoms with E-state index in [0.29, 0.717) is 24.3 Å². The third-order valence-electron chi connectivity index (χ3n) is 6.63. The van der Waals surface area contributed by atoms with Crippen molar-refractivity contribution >= 4 is 11.6 Å². The van der Waals surface area contributed by atoms with Crippen LogP contribution < -0.4 is 15.0 Å². The van der Waals surface area contributed by atoms with Gasteiger partial charge in [0.1, 0.15) is 29.8 Å². The van der Waals surface area contributed by atoms with Crippen molar-refractivity contribution in [1.82, 2.24) is 15.0 Å². The molecule has 0 spiro atoms. The van der Waals surface area contributed by atoms with E-state index in [2.05, 4.69) is 15.6 Å². The number of nitrogens with zero attached hydrogens (tertiary/aromatic N) is 3. The Morgan fingerprint density at radius 2 is 2.09 bits per heavy atom. The molecule has 32 heavy (non-hydrogen) atoms. The lowest BCUT2D eigenvalue weighted by atomic mass is 9.75. The van der Waals surface area contributed by atoms with E-state index in [9.17, 15) is 9.90 Å². The van der Waals surface area contributed by atoms with Crippen LogP contribution in [0.25, 0.3) is 0 Å². The van der Waals surface area contributed by atoms with Gasteiger partial charge in [-0.1, -0.05) is 29.5 Å².